The maximum absolute atomic E-state index is 10.8. The summed E-state index contributed by atoms with van der Waals surface area (Å²) in [5.74, 6) is 1.93. The number of furan rings is 1. The van der Waals surface area contributed by atoms with Crippen molar-refractivity contribution < 1.29 is 9.52 Å². The fourth-order valence-corrected chi connectivity index (χ4v) is 3.29. The predicted molar refractivity (Wildman–Crippen MR) is 134 cm³/mol. The number of halogens is 1. The molecule has 8 heteroatoms. The van der Waals surface area contributed by atoms with Crippen LogP contribution in [0.5, 0.6) is 0 Å². The number of rotatable bonds is 7. The lowest BCUT2D eigenvalue weighted by Crippen LogP contribution is -2.44. The molecule has 0 saturated heterocycles. The van der Waals surface area contributed by atoms with Gasteiger partial charge in [-0.2, -0.15) is 5.10 Å². The summed E-state index contributed by atoms with van der Waals surface area (Å²) in [6.07, 6.45) is 0. The van der Waals surface area contributed by atoms with E-state index in [2.05, 4.69) is 22.7 Å². The van der Waals surface area contributed by atoms with Crippen LogP contribution in [0, 0.1) is 20.8 Å². The Balaban J connectivity index is 0.00000341. The molecular weight excluding hydrogens is 505 g/mol. The van der Waals surface area contributed by atoms with Gasteiger partial charge in [0.1, 0.15) is 17.1 Å². The number of hydrogen-bond donors (Lipinski definition) is 3. The Labute approximate surface area is 201 Å². The van der Waals surface area contributed by atoms with E-state index in [1.807, 2.05) is 61.9 Å². The Bertz CT molecular complexity index is 1010. The average molecular weight is 537 g/mol. The van der Waals surface area contributed by atoms with E-state index in [1.165, 1.54) is 0 Å². The number of aromatic nitrogens is 2. The highest BCUT2D eigenvalue weighted by molar-refractivity contribution is 14.0. The number of hydrogen-bond acceptors (Lipinski definition) is 4. The second-order valence-electron chi connectivity index (χ2n) is 7.63. The highest BCUT2D eigenvalue weighted by Gasteiger charge is 2.27. The lowest BCUT2D eigenvalue weighted by atomic mass is 10.0. The first kappa shape index (κ1) is 24.9. The molecule has 168 valence electrons. The lowest BCUT2D eigenvalue weighted by molar-refractivity contribution is 0.0378. The van der Waals surface area contributed by atoms with Crippen LogP contribution in [0.3, 0.4) is 0 Å². The maximum atomic E-state index is 10.8. The van der Waals surface area contributed by atoms with Gasteiger partial charge in [0, 0.05) is 17.8 Å². The van der Waals surface area contributed by atoms with Gasteiger partial charge in [0.2, 0.25) is 0 Å². The Morgan fingerprint density at radius 1 is 1.13 bits per heavy atom. The van der Waals surface area contributed by atoms with Crippen LogP contribution >= 0.6 is 24.0 Å². The van der Waals surface area contributed by atoms with E-state index < -0.39 is 5.60 Å². The van der Waals surface area contributed by atoms with Crippen molar-refractivity contribution in [2.24, 2.45) is 4.99 Å². The molecule has 2 aromatic heterocycles. The summed E-state index contributed by atoms with van der Waals surface area (Å²) in [5, 5.41) is 21.9. The molecule has 0 aliphatic carbocycles. The van der Waals surface area contributed by atoms with Crippen LogP contribution in [0.4, 0.5) is 0 Å². The fraction of sp³-hybridized carbons (Fsp3) is 0.391. The summed E-state index contributed by atoms with van der Waals surface area (Å²) >= 11 is 0. The van der Waals surface area contributed by atoms with Crippen molar-refractivity contribution in [3.8, 4) is 5.69 Å². The number of benzene rings is 1. The van der Waals surface area contributed by atoms with Gasteiger partial charge in [0.25, 0.3) is 0 Å². The van der Waals surface area contributed by atoms with Gasteiger partial charge >= 0.3 is 0 Å². The molecule has 1 atom stereocenters. The smallest absolute Gasteiger partial charge is 0.191 e. The van der Waals surface area contributed by atoms with E-state index in [0.29, 0.717) is 18.3 Å². The van der Waals surface area contributed by atoms with E-state index in [9.17, 15) is 5.11 Å². The van der Waals surface area contributed by atoms with E-state index in [-0.39, 0.29) is 30.5 Å². The first-order chi connectivity index (χ1) is 14.3. The van der Waals surface area contributed by atoms with Crippen LogP contribution < -0.4 is 10.6 Å². The van der Waals surface area contributed by atoms with Gasteiger partial charge in [-0.25, -0.2) is 9.67 Å². The highest BCUT2D eigenvalue weighted by atomic mass is 127. The van der Waals surface area contributed by atoms with Crippen molar-refractivity contribution in [2.75, 3.05) is 13.1 Å². The van der Waals surface area contributed by atoms with Gasteiger partial charge in [-0.15, -0.1) is 24.0 Å². The largest absolute Gasteiger partial charge is 0.463 e. The average Bonchev–Trinajstić information content (AvgIpc) is 3.29. The van der Waals surface area contributed by atoms with Gasteiger partial charge < -0.3 is 20.2 Å². The normalized spacial score (nSPS) is 13.4. The zero-order chi connectivity index (χ0) is 21.7. The van der Waals surface area contributed by atoms with Crippen LogP contribution in [0.1, 0.15) is 42.3 Å². The van der Waals surface area contributed by atoms with E-state index in [4.69, 9.17) is 9.41 Å². The van der Waals surface area contributed by atoms with Gasteiger partial charge in [-0.3, -0.25) is 0 Å². The standard InChI is InChI=1S/C23H31N5O2.HI/c1-6-24-22(26-15-23(5,29)21-13-12-16(2)30-21)25-14-20-17(3)27-28(18(20)4)19-10-8-7-9-11-19;/h7-13,29H,6,14-15H2,1-5H3,(H2,24,25,26);1H. The number of nitrogens with zero attached hydrogens (tertiary/aromatic N) is 3. The van der Waals surface area contributed by atoms with Crippen LogP contribution in [0.2, 0.25) is 0 Å². The predicted octanol–water partition coefficient (Wildman–Crippen LogP) is 3.97. The van der Waals surface area contributed by atoms with Crippen LogP contribution in [0.25, 0.3) is 5.69 Å². The molecule has 3 rings (SSSR count). The van der Waals surface area contributed by atoms with Crippen molar-refractivity contribution in [3.63, 3.8) is 0 Å². The molecule has 0 bridgehead atoms. The molecule has 0 spiro atoms. The van der Waals surface area contributed by atoms with Gasteiger partial charge in [0.15, 0.2) is 5.96 Å². The Morgan fingerprint density at radius 2 is 1.84 bits per heavy atom. The molecule has 2 heterocycles. The minimum atomic E-state index is -1.14. The van der Waals surface area contributed by atoms with E-state index in [0.717, 1.165) is 34.9 Å². The molecule has 31 heavy (non-hydrogen) atoms. The van der Waals surface area contributed by atoms with Crippen LogP contribution in [-0.2, 0) is 12.1 Å². The second-order valence-corrected chi connectivity index (χ2v) is 7.63. The molecule has 3 aromatic rings. The quantitative estimate of drug-likeness (QED) is 0.241. The third kappa shape index (κ3) is 6.10. The topological polar surface area (TPSA) is 87.6 Å². The van der Waals surface area contributed by atoms with Crippen LogP contribution in [-0.4, -0.2) is 33.9 Å². The fourth-order valence-electron chi connectivity index (χ4n) is 3.29. The SMILES string of the molecule is CCNC(=NCc1c(C)nn(-c2ccccc2)c1C)NCC(C)(O)c1ccc(C)o1.I. The summed E-state index contributed by atoms with van der Waals surface area (Å²) in [5.41, 5.74) is 2.99. The summed E-state index contributed by atoms with van der Waals surface area (Å²) in [7, 11) is 0. The van der Waals surface area contributed by atoms with Gasteiger partial charge in [-0.1, -0.05) is 18.2 Å². The monoisotopic (exact) mass is 537 g/mol. The van der Waals surface area contributed by atoms with Crippen molar-refractivity contribution in [1.82, 2.24) is 20.4 Å². The van der Waals surface area contributed by atoms with Crippen molar-refractivity contribution in [3.05, 3.63) is 70.9 Å². The molecule has 0 saturated carbocycles. The van der Waals surface area contributed by atoms with E-state index >= 15 is 0 Å². The molecule has 3 N–H and O–H groups in total. The molecule has 7 nitrogen and oxygen atoms in total. The lowest BCUT2D eigenvalue weighted by Gasteiger charge is -2.22. The second kappa shape index (κ2) is 10.8. The molecule has 0 radical (unpaired) electrons. The summed E-state index contributed by atoms with van der Waals surface area (Å²) in [6, 6.07) is 13.7. The number of aryl methyl sites for hydroxylation is 2. The van der Waals surface area contributed by atoms with Crippen LogP contribution in [0.15, 0.2) is 51.9 Å². The number of aliphatic hydroxyl groups is 1. The molecule has 1 unspecified atom stereocenters. The molecule has 0 amide bonds. The Hall–Kier alpha value is -2.33. The Morgan fingerprint density at radius 3 is 2.45 bits per heavy atom. The molecular formula is C23H32IN5O2. The molecule has 0 fully saturated rings. The summed E-state index contributed by atoms with van der Waals surface area (Å²) in [4.78, 5) is 4.71. The van der Waals surface area contributed by atoms with Gasteiger partial charge in [0.05, 0.1) is 24.5 Å². The number of nitrogens with one attached hydrogen (secondary N) is 2. The number of aliphatic imine (C=N–C) groups is 1. The Kier molecular flexibility index (Phi) is 8.69. The highest BCUT2D eigenvalue weighted by Crippen LogP contribution is 2.22. The van der Waals surface area contributed by atoms with Crippen molar-refractivity contribution in [1.29, 1.82) is 0 Å². The zero-order valence-corrected chi connectivity index (χ0v) is 21.1. The molecule has 0 aliphatic rings. The summed E-state index contributed by atoms with van der Waals surface area (Å²) in [6.45, 7) is 11.1. The molecule has 1 aromatic carbocycles. The zero-order valence-electron chi connectivity index (χ0n) is 18.8. The number of guanidine groups is 1. The minimum absolute atomic E-state index is 0. The maximum Gasteiger partial charge on any atom is 0.191 e. The van der Waals surface area contributed by atoms with Gasteiger partial charge in [-0.05, 0) is 58.9 Å². The van der Waals surface area contributed by atoms with Crippen molar-refractivity contribution >= 4 is 29.9 Å². The van der Waals surface area contributed by atoms with Crippen molar-refractivity contribution in [2.45, 2.75) is 46.8 Å². The summed E-state index contributed by atoms with van der Waals surface area (Å²) < 4.78 is 7.53. The third-order valence-corrected chi connectivity index (χ3v) is 5.05. The third-order valence-electron chi connectivity index (χ3n) is 5.05. The number of para-hydroxylation sites is 1. The first-order valence-corrected chi connectivity index (χ1v) is 10.2. The first-order valence-electron chi connectivity index (χ1n) is 10.2. The molecule has 0 aliphatic heterocycles. The van der Waals surface area contributed by atoms with E-state index in [1.54, 1.807) is 13.0 Å². The minimum Gasteiger partial charge on any atom is -0.463 e.